The van der Waals surface area contributed by atoms with Crippen molar-refractivity contribution in [2.24, 2.45) is 5.73 Å². The summed E-state index contributed by atoms with van der Waals surface area (Å²) in [6, 6.07) is 9.02. The van der Waals surface area contributed by atoms with E-state index in [0.29, 0.717) is 24.8 Å². The maximum absolute atomic E-state index is 14.8. The molecule has 2 aromatic carbocycles. The van der Waals surface area contributed by atoms with Crippen LogP contribution in [0.1, 0.15) is 47.7 Å². The van der Waals surface area contributed by atoms with Gasteiger partial charge in [-0.05, 0) is 73.9 Å². The quantitative estimate of drug-likeness (QED) is 0.230. The number of nitrogens with two attached hydrogens (primary N) is 1. The van der Waals surface area contributed by atoms with Crippen molar-refractivity contribution < 1.29 is 18.7 Å². The minimum absolute atomic E-state index is 0.0216. The predicted molar refractivity (Wildman–Crippen MR) is 136 cm³/mol. The minimum atomic E-state index is -0.700. The van der Waals surface area contributed by atoms with E-state index in [0.717, 1.165) is 5.70 Å². The van der Waals surface area contributed by atoms with E-state index in [1.165, 1.54) is 48.5 Å². The molecule has 0 saturated carbocycles. The Morgan fingerprint density at radius 1 is 1.20 bits per heavy atom. The summed E-state index contributed by atoms with van der Waals surface area (Å²) in [5.41, 5.74) is 7.19. The summed E-state index contributed by atoms with van der Waals surface area (Å²) in [4.78, 5) is 13.2. The third-order valence-electron chi connectivity index (χ3n) is 5.33. The van der Waals surface area contributed by atoms with Crippen LogP contribution in [-0.2, 0) is 0 Å². The molecule has 0 radical (unpaired) electrons. The van der Waals surface area contributed by atoms with Crippen LogP contribution in [0.5, 0.6) is 0 Å². The van der Waals surface area contributed by atoms with E-state index in [-0.39, 0.29) is 35.2 Å². The Morgan fingerprint density at radius 2 is 1.91 bits per heavy atom. The lowest BCUT2D eigenvalue weighted by Gasteiger charge is -2.21. The maximum Gasteiger partial charge on any atom is 0.252 e. The summed E-state index contributed by atoms with van der Waals surface area (Å²) < 4.78 is 28.0. The molecule has 0 heterocycles. The molecule has 0 aliphatic heterocycles. The SMILES string of the molecule is C/C=C\C=C(\C[C@@H](CCCO)NC(=O)c1cccc(F)c1C(N)=CC(=N)c1ccc(F)cc1)NC. The van der Waals surface area contributed by atoms with E-state index < -0.39 is 17.5 Å². The van der Waals surface area contributed by atoms with Crippen LogP contribution in [0.2, 0.25) is 0 Å². The molecule has 2 rings (SSSR count). The second-order valence-corrected chi connectivity index (χ2v) is 7.89. The summed E-state index contributed by atoms with van der Waals surface area (Å²) in [7, 11) is 1.78. The van der Waals surface area contributed by atoms with Crippen molar-refractivity contribution >= 4 is 17.3 Å². The monoisotopic (exact) mass is 482 g/mol. The van der Waals surface area contributed by atoms with Gasteiger partial charge in [-0.1, -0.05) is 18.2 Å². The van der Waals surface area contributed by atoms with Crippen LogP contribution in [-0.4, -0.2) is 36.4 Å². The van der Waals surface area contributed by atoms with Crippen LogP contribution in [0.25, 0.3) is 5.70 Å². The van der Waals surface area contributed by atoms with E-state index >= 15 is 0 Å². The molecule has 0 aliphatic rings. The third-order valence-corrected chi connectivity index (χ3v) is 5.33. The van der Waals surface area contributed by atoms with E-state index in [2.05, 4.69) is 10.6 Å². The number of halogens is 2. The van der Waals surface area contributed by atoms with Gasteiger partial charge in [0.25, 0.3) is 5.91 Å². The third kappa shape index (κ3) is 8.19. The minimum Gasteiger partial charge on any atom is -0.398 e. The predicted octanol–water partition coefficient (Wildman–Crippen LogP) is 4.27. The van der Waals surface area contributed by atoms with E-state index in [4.69, 9.17) is 11.1 Å². The van der Waals surface area contributed by atoms with Gasteiger partial charge >= 0.3 is 0 Å². The molecule has 0 spiro atoms. The standard InChI is InChI=1S/C27H32F2N4O2/c1-3-4-7-20(32-2)16-21(8-6-15-34)33-27(35)22-9-5-10-23(29)26(22)25(31)17-24(30)18-11-13-19(28)14-12-18/h3-5,7,9-14,17,21,30,32,34H,6,8,15-16,31H2,1-2H3,(H,33,35)/b4-3-,20-7-,25-17?,30-24?/t21-/m1/s1. The Labute approximate surface area is 204 Å². The first-order valence-electron chi connectivity index (χ1n) is 11.3. The molecule has 0 aromatic heterocycles. The molecule has 1 amide bonds. The lowest BCUT2D eigenvalue weighted by atomic mass is 9.99. The van der Waals surface area contributed by atoms with Gasteiger partial charge in [0, 0.05) is 43.1 Å². The molecule has 1 atom stereocenters. The van der Waals surface area contributed by atoms with Gasteiger partial charge in [-0.2, -0.15) is 0 Å². The number of hydrogen-bond acceptors (Lipinski definition) is 5. The lowest BCUT2D eigenvalue weighted by molar-refractivity contribution is 0.0931. The molecule has 0 saturated heterocycles. The van der Waals surface area contributed by atoms with Crippen molar-refractivity contribution in [2.45, 2.75) is 32.2 Å². The van der Waals surface area contributed by atoms with Crippen molar-refractivity contribution in [2.75, 3.05) is 13.7 Å². The Morgan fingerprint density at radius 3 is 2.54 bits per heavy atom. The zero-order chi connectivity index (χ0) is 25.8. The van der Waals surface area contributed by atoms with Gasteiger partial charge in [-0.15, -0.1) is 0 Å². The molecule has 8 heteroatoms. The van der Waals surface area contributed by atoms with Gasteiger partial charge in [0.2, 0.25) is 0 Å². The number of nitrogens with one attached hydrogen (secondary N) is 3. The fourth-order valence-corrected chi connectivity index (χ4v) is 3.50. The Kier molecular flexibility index (Phi) is 10.8. The Hall–Kier alpha value is -3.78. The van der Waals surface area contributed by atoms with Crippen LogP contribution >= 0.6 is 0 Å². The average Bonchev–Trinajstić information content (AvgIpc) is 2.84. The topological polar surface area (TPSA) is 111 Å². The van der Waals surface area contributed by atoms with Gasteiger partial charge in [0.05, 0.1) is 11.3 Å². The van der Waals surface area contributed by atoms with Gasteiger partial charge in [-0.25, -0.2) is 8.78 Å². The molecule has 0 bridgehead atoms. The van der Waals surface area contributed by atoms with Crippen molar-refractivity contribution in [1.29, 1.82) is 5.41 Å². The van der Waals surface area contributed by atoms with Gasteiger partial charge in [0.1, 0.15) is 11.6 Å². The molecular formula is C27H32F2N4O2. The fraction of sp³-hybridized carbons (Fsp3) is 0.259. The number of hydrogen-bond donors (Lipinski definition) is 5. The molecule has 2 aromatic rings. The summed E-state index contributed by atoms with van der Waals surface area (Å²) in [5.74, 6) is -1.66. The van der Waals surface area contributed by atoms with E-state index in [1.54, 1.807) is 7.05 Å². The largest absolute Gasteiger partial charge is 0.398 e. The first-order chi connectivity index (χ1) is 16.8. The number of aliphatic hydroxyl groups excluding tert-OH is 1. The molecule has 6 nitrogen and oxygen atoms in total. The normalized spacial score (nSPS) is 13.1. The molecule has 186 valence electrons. The highest BCUT2D eigenvalue weighted by atomic mass is 19.1. The van der Waals surface area contributed by atoms with Crippen LogP contribution in [0, 0.1) is 17.0 Å². The number of amides is 1. The van der Waals surface area contributed by atoms with Crippen molar-refractivity contribution in [3.8, 4) is 0 Å². The summed E-state index contributed by atoms with van der Waals surface area (Å²) in [5, 5.41) is 23.5. The average molecular weight is 483 g/mol. The maximum atomic E-state index is 14.8. The highest BCUT2D eigenvalue weighted by Gasteiger charge is 2.21. The summed E-state index contributed by atoms with van der Waals surface area (Å²) in [6.07, 6.45) is 8.38. The number of carbonyl (C=O) groups is 1. The summed E-state index contributed by atoms with van der Waals surface area (Å²) >= 11 is 0. The molecule has 0 fully saturated rings. The smallest absolute Gasteiger partial charge is 0.252 e. The van der Waals surface area contributed by atoms with Crippen molar-refractivity contribution in [3.05, 3.63) is 101 Å². The highest BCUT2D eigenvalue weighted by Crippen LogP contribution is 2.21. The van der Waals surface area contributed by atoms with Crippen LogP contribution in [0.3, 0.4) is 0 Å². The number of aliphatic hydroxyl groups is 1. The van der Waals surface area contributed by atoms with Crippen molar-refractivity contribution in [3.63, 3.8) is 0 Å². The highest BCUT2D eigenvalue weighted by molar-refractivity contribution is 6.11. The molecule has 0 unspecified atom stereocenters. The van der Waals surface area contributed by atoms with Gasteiger partial charge in [-0.3, -0.25) is 4.79 Å². The van der Waals surface area contributed by atoms with Gasteiger partial charge < -0.3 is 26.9 Å². The fourth-order valence-electron chi connectivity index (χ4n) is 3.50. The Balaban J connectivity index is 2.33. The molecular weight excluding hydrogens is 450 g/mol. The molecule has 0 aliphatic carbocycles. The zero-order valence-electron chi connectivity index (χ0n) is 19.9. The number of benzene rings is 2. The van der Waals surface area contributed by atoms with Crippen LogP contribution in [0.4, 0.5) is 8.78 Å². The lowest BCUT2D eigenvalue weighted by Crippen LogP contribution is -2.37. The van der Waals surface area contributed by atoms with Crippen LogP contribution < -0.4 is 16.4 Å². The zero-order valence-corrected chi connectivity index (χ0v) is 19.9. The van der Waals surface area contributed by atoms with Crippen molar-refractivity contribution in [1.82, 2.24) is 10.6 Å². The number of allylic oxidation sites excluding steroid dienone is 4. The van der Waals surface area contributed by atoms with E-state index in [1.807, 2.05) is 25.2 Å². The Bertz CT molecular complexity index is 1110. The molecule has 35 heavy (non-hydrogen) atoms. The second kappa shape index (κ2) is 13.8. The van der Waals surface area contributed by atoms with Crippen LogP contribution in [0.15, 0.2) is 72.5 Å². The first kappa shape index (κ1) is 27.5. The second-order valence-electron chi connectivity index (χ2n) is 7.89. The first-order valence-corrected chi connectivity index (χ1v) is 11.3. The molecule has 6 N–H and O–H groups in total. The van der Waals surface area contributed by atoms with Gasteiger partial charge in [0.15, 0.2) is 0 Å². The number of carbonyl (C=O) groups excluding carboxylic acids is 1. The number of rotatable bonds is 12. The van der Waals surface area contributed by atoms with E-state index in [9.17, 15) is 18.7 Å². The summed E-state index contributed by atoms with van der Waals surface area (Å²) in [6.45, 7) is 1.88.